The average Bonchev–Trinajstić information content (AvgIpc) is 2.59. The molecule has 3 N–H and O–H groups in total. The van der Waals surface area contributed by atoms with Crippen LogP contribution in [0.5, 0.6) is 5.75 Å². The van der Waals surface area contributed by atoms with Gasteiger partial charge in [0.1, 0.15) is 5.82 Å². The summed E-state index contributed by atoms with van der Waals surface area (Å²) in [7, 11) is 0. The van der Waals surface area contributed by atoms with E-state index in [-0.39, 0.29) is 23.7 Å². The van der Waals surface area contributed by atoms with Gasteiger partial charge in [-0.2, -0.15) is 0 Å². The number of nitrogens with two attached hydrogens (primary N) is 1. The van der Waals surface area contributed by atoms with Crippen molar-refractivity contribution < 1.29 is 13.9 Å². The molecule has 0 aliphatic carbocycles. The Morgan fingerprint density at radius 3 is 2.96 bits per heavy atom. The van der Waals surface area contributed by atoms with Crippen molar-refractivity contribution in [3.63, 3.8) is 0 Å². The van der Waals surface area contributed by atoms with Crippen LogP contribution in [0.4, 0.5) is 10.2 Å². The van der Waals surface area contributed by atoms with Gasteiger partial charge in [-0.05, 0) is 31.5 Å². The predicted octanol–water partition coefficient (Wildman–Crippen LogP) is 3.08. The van der Waals surface area contributed by atoms with Gasteiger partial charge in [0.2, 0.25) is 0 Å². The van der Waals surface area contributed by atoms with Gasteiger partial charge in [-0.3, -0.25) is 4.79 Å². The monoisotopic (exact) mass is 329 g/mol. The van der Waals surface area contributed by atoms with Gasteiger partial charge >= 0.3 is 0 Å². The Morgan fingerprint density at radius 1 is 1.38 bits per heavy atom. The molecule has 0 saturated heterocycles. The highest BCUT2D eigenvalue weighted by Crippen LogP contribution is 2.21. The van der Waals surface area contributed by atoms with Gasteiger partial charge in [0, 0.05) is 18.3 Å². The maximum absolute atomic E-state index is 14.4. The summed E-state index contributed by atoms with van der Waals surface area (Å²) in [5, 5.41) is 2.63. The predicted molar refractivity (Wildman–Crippen MR) is 91.1 cm³/mol. The van der Waals surface area contributed by atoms with E-state index in [2.05, 4.69) is 10.3 Å². The van der Waals surface area contributed by atoms with Crippen LogP contribution in [-0.4, -0.2) is 17.5 Å². The third-order valence-electron chi connectivity index (χ3n) is 3.34. The molecule has 1 amide bonds. The third-order valence-corrected chi connectivity index (χ3v) is 3.34. The molecule has 0 bridgehead atoms. The molecule has 2 aromatic rings. The minimum Gasteiger partial charge on any atom is -0.490 e. The second kappa shape index (κ2) is 8.67. The molecule has 5 nitrogen and oxygen atoms in total. The number of nitrogens with one attached hydrogen (secondary N) is 1. The largest absolute Gasteiger partial charge is 0.490 e. The van der Waals surface area contributed by atoms with E-state index in [9.17, 15) is 9.18 Å². The molecule has 1 aromatic heterocycles. The summed E-state index contributed by atoms with van der Waals surface area (Å²) in [4.78, 5) is 15.9. The Morgan fingerprint density at radius 2 is 2.21 bits per heavy atom. The number of carbonyl (C=O) groups excluding carboxylic acids is 1. The number of pyridine rings is 1. The van der Waals surface area contributed by atoms with Crippen molar-refractivity contribution in [3.8, 4) is 5.75 Å². The summed E-state index contributed by atoms with van der Waals surface area (Å²) in [6, 6.07) is 8.03. The van der Waals surface area contributed by atoms with Gasteiger partial charge < -0.3 is 15.8 Å². The fraction of sp³-hybridized carbons (Fsp3) is 0.222. The van der Waals surface area contributed by atoms with E-state index in [1.165, 1.54) is 6.20 Å². The molecule has 126 valence electrons. The number of hydrogen-bond acceptors (Lipinski definition) is 4. The van der Waals surface area contributed by atoms with Crippen LogP contribution in [0.1, 0.15) is 29.3 Å². The standard InChI is InChI=1S/C18H20FN3O2/c1-2-3-4-11-24-15-9-5-7-13(16(15)19)12-22-18(23)14-8-6-10-21-17(14)20/h2-3,5-10H,4,11-12H2,1H3,(H2,20,21)(H,22,23)/b3-2+. The number of nitrogens with zero attached hydrogens (tertiary/aromatic N) is 1. The van der Waals surface area contributed by atoms with Gasteiger partial charge in [0.05, 0.1) is 12.2 Å². The fourth-order valence-corrected chi connectivity index (χ4v) is 2.09. The first kappa shape index (κ1) is 17.5. The zero-order valence-corrected chi connectivity index (χ0v) is 13.5. The minimum absolute atomic E-state index is 0.0328. The highest BCUT2D eigenvalue weighted by Gasteiger charge is 2.13. The average molecular weight is 329 g/mol. The van der Waals surface area contributed by atoms with Crippen molar-refractivity contribution in [2.45, 2.75) is 19.9 Å². The van der Waals surface area contributed by atoms with Crippen molar-refractivity contribution in [2.75, 3.05) is 12.3 Å². The maximum atomic E-state index is 14.4. The van der Waals surface area contributed by atoms with E-state index in [0.29, 0.717) is 18.6 Å². The molecule has 0 radical (unpaired) electrons. The van der Waals surface area contributed by atoms with Gasteiger partial charge in [0.25, 0.3) is 5.91 Å². The van der Waals surface area contributed by atoms with Gasteiger partial charge in [0.15, 0.2) is 11.6 Å². The first-order valence-corrected chi connectivity index (χ1v) is 7.63. The summed E-state index contributed by atoms with van der Waals surface area (Å²) in [6.07, 6.45) is 6.06. The number of ether oxygens (including phenoxy) is 1. The normalized spacial score (nSPS) is 10.8. The van der Waals surface area contributed by atoms with Crippen LogP contribution in [0.25, 0.3) is 0 Å². The first-order valence-electron chi connectivity index (χ1n) is 7.63. The topological polar surface area (TPSA) is 77.2 Å². The smallest absolute Gasteiger partial charge is 0.255 e. The number of carbonyl (C=O) groups is 1. The van der Waals surface area contributed by atoms with Crippen LogP contribution >= 0.6 is 0 Å². The lowest BCUT2D eigenvalue weighted by Gasteiger charge is -2.11. The molecule has 2 rings (SSSR count). The molecule has 0 aliphatic rings. The Balaban J connectivity index is 2.00. The van der Waals surface area contributed by atoms with Crippen LogP contribution in [0.3, 0.4) is 0 Å². The molecule has 0 fully saturated rings. The number of allylic oxidation sites excluding steroid dienone is 1. The quantitative estimate of drug-likeness (QED) is 0.604. The second-order valence-electron chi connectivity index (χ2n) is 5.05. The Hall–Kier alpha value is -2.89. The van der Waals surface area contributed by atoms with Crippen LogP contribution in [-0.2, 0) is 6.54 Å². The number of hydrogen-bond donors (Lipinski definition) is 2. The highest BCUT2D eigenvalue weighted by molar-refractivity contribution is 5.98. The molecule has 0 atom stereocenters. The number of halogens is 1. The first-order chi connectivity index (χ1) is 11.6. The molecule has 1 aromatic carbocycles. The summed E-state index contributed by atoms with van der Waals surface area (Å²) in [6.45, 7) is 2.34. The van der Waals surface area contributed by atoms with Gasteiger partial charge in [-0.1, -0.05) is 24.3 Å². The van der Waals surface area contributed by atoms with Crippen LogP contribution in [0.2, 0.25) is 0 Å². The van der Waals surface area contributed by atoms with E-state index in [4.69, 9.17) is 10.5 Å². The van der Waals surface area contributed by atoms with Crippen molar-refractivity contribution in [1.82, 2.24) is 10.3 Å². The summed E-state index contributed by atoms with van der Waals surface area (Å²) in [5.74, 6) is -0.569. The number of amides is 1. The van der Waals surface area contributed by atoms with Crippen LogP contribution in [0.15, 0.2) is 48.7 Å². The molecule has 0 spiro atoms. The van der Waals surface area contributed by atoms with Crippen molar-refractivity contribution >= 4 is 11.7 Å². The number of anilines is 1. The third kappa shape index (κ3) is 4.55. The second-order valence-corrected chi connectivity index (χ2v) is 5.05. The Bertz CT molecular complexity index is 732. The van der Waals surface area contributed by atoms with Crippen LogP contribution in [0, 0.1) is 5.82 Å². The molecule has 1 heterocycles. The van der Waals surface area contributed by atoms with E-state index >= 15 is 0 Å². The Labute approximate surface area is 140 Å². The lowest BCUT2D eigenvalue weighted by molar-refractivity contribution is 0.0951. The number of aromatic nitrogens is 1. The molecule has 24 heavy (non-hydrogen) atoms. The molecule has 0 saturated carbocycles. The molecular weight excluding hydrogens is 309 g/mol. The summed E-state index contributed by atoms with van der Waals surface area (Å²) in [5.41, 5.74) is 6.26. The summed E-state index contributed by atoms with van der Waals surface area (Å²) >= 11 is 0. The Kier molecular flexibility index (Phi) is 6.31. The van der Waals surface area contributed by atoms with E-state index < -0.39 is 11.7 Å². The van der Waals surface area contributed by atoms with Gasteiger partial charge in [-0.25, -0.2) is 9.37 Å². The lowest BCUT2D eigenvalue weighted by atomic mass is 10.2. The molecule has 0 unspecified atom stereocenters. The van der Waals surface area contributed by atoms with Crippen molar-refractivity contribution in [2.24, 2.45) is 0 Å². The number of nitrogen functional groups attached to an aromatic ring is 1. The lowest BCUT2D eigenvalue weighted by Crippen LogP contribution is -2.24. The van der Waals surface area contributed by atoms with E-state index in [1.807, 2.05) is 19.1 Å². The van der Waals surface area contributed by atoms with E-state index in [0.717, 1.165) is 0 Å². The molecule has 0 aliphatic heterocycles. The van der Waals surface area contributed by atoms with Crippen molar-refractivity contribution in [3.05, 3.63) is 65.6 Å². The maximum Gasteiger partial charge on any atom is 0.255 e. The van der Waals surface area contributed by atoms with E-state index in [1.54, 1.807) is 30.3 Å². The number of benzene rings is 1. The highest BCUT2D eigenvalue weighted by atomic mass is 19.1. The van der Waals surface area contributed by atoms with Crippen LogP contribution < -0.4 is 15.8 Å². The fourth-order valence-electron chi connectivity index (χ4n) is 2.09. The SMILES string of the molecule is C/C=C/CCOc1cccc(CNC(=O)c2cccnc2N)c1F. The summed E-state index contributed by atoms with van der Waals surface area (Å²) < 4.78 is 19.8. The number of rotatable bonds is 7. The van der Waals surface area contributed by atoms with Crippen molar-refractivity contribution in [1.29, 1.82) is 0 Å². The molecule has 6 heteroatoms. The minimum atomic E-state index is -0.475. The zero-order valence-electron chi connectivity index (χ0n) is 13.5. The molecular formula is C18H20FN3O2. The zero-order chi connectivity index (χ0) is 17.4. The van der Waals surface area contributed by atoms with Gasteiger partial charge in [-0.15, -0.1) is 0 Å².